The zero-order valence-corrected chi connectivity index (χ0v) is 14.2. The second-order valence-corrected chi connectivity index (χ2v) is 7.10. The van der Waals surface area contributed by atoms with E-state index in [-0.39, 0.29) is 24.0 Å². The molecule has 0 aromatic heterocycles. The van der Waals surface area contributed by atoms with Crippen LogP contribution in [0.5, 0.6) is 0 Å². The van der Waals surface area contributed by atoms with Gasteiger partial charge in [0.2, 0.25) is 0 Å². The molecule has 2 fully saturated rings. The molecule has 2 aliphatic rings. The number of aliphatic carboxylic acids is 1. The van der Waals surface area contributed by atoms with Gasteiger partial charge in [-0.15, -0.1) is 0 Å². The van der Waals surface area contributed by atoms with Gasteiger partial charge in [0.15, 0.2) is 0 Å². The van der Waals surface area contributed by atoms with Crippen LogP contribution >= 0.6 is 0 Å². The second-order valence-electron chi connectivity index (χ2n) is 7.10. The van der Waals surface area contributed by atoms with Gasteiger partial charge in [0.05, 0.1) is 12.0 Å². The molecule has 0 spiro atoms. The number of hydrogen-bond acceptors (Lipinski definition) is 2. The predicted octanol–water partition coefficient (Wildman–Crippen LogP) is 3.48. The molecule has 130 valence electrons. The molecule has 1 heterocycles. The third-order valence-electron chi connectivity index (χ3n) is 5.34. The molecule has 1 aromatic carbocycles. The third kappa shape index (κ3) is 3.71. The molecule has 1 unspecified atom stereocenters. The highest BCUT2D eigenvalue weighted by atomic mass is 16.4. The van der Waals surface area contributed by atoms with Crippen LogP contribution in [0.25, 0.3) is 0 Å². The highest BCUT2D eigenvalue weighted by Crippen LogP contribution is 2.32. The Kier molecular flexibility index (Phi) is 5.07. The molecule has 1 saturated heterocycles. The number of aryl methyl sites for hydroxylation is 1. The molecule has 5 heteroatoms. The summed E-state index contributed by atoms with van der Waals surface area (Å²) in [6.07, 6.45) is 4.85. The van der Waals surface area contributed by atoms with Crippen molar-refractivity contribution in [1.29, 1.82) is 0 Å². The number of nitrogens with zero attached hydrogens (tertiary/aromatic N) is 1. The average Bonchev–Trinajstić information content (AvgIpc) is 3.05. The van der Waals surface area contributed by atoms with Crippen molar-refractivity contribution in [3.63, 3.8) is 0 Å². The number of carboxylic acid groups (broad SMARTS) is 1. The Morgan fingerprint density at radius 2 is 1.92 bits per heavy atom. The van der Waals surface area contributed by atoms with E-state index in [1.54, 1.807) is 0 Å². The van der Waals surface area contributed by atoms with E-state index < -0.39 is 5.97 Å². The Balaban J connectivity index is 1.59. The Bertz CT molecular complexity index is 608. The molecule has 2 N–H and O–H groups in total. The minimum absolute atomic E-state index is 0.00205. The minimum atomic E-state index is -0.709. The van der Waals surface area contributed by atoms with Gasteiger partial charge < -0.3 is 15.3 Å². The third-order valence-corrected chi connectivity index (χ3v) is 5.34. The molecule has 1 aliphatic carbocycles. The molecule has 0 radical (unpaired) electrons. The van der Waals surface area contributed by atoms with Gasteiger partial charge in [0.1, 0.15) is 0 Å². The van der Waals surface area contributed by atoms with E-state index in [0.29, 0.717) is 12.8 Å². The quantitative estimate of drug-likeness (QED) is 0.891. The van der Waals surface area contributed by atoms with Gasteiger partial charge in [0, 0.05) is 12.6 Å². The minimum Gasteiger partial charge on any atom is -0.481 e. The zero-order chi connectivity index (χ0) is 17.1. The Hall–Kier alpha value is -2.04. The first-order chi connectivity index (χ1) is 11.5. The van der Waals surface area contributed by atoms with Gasteiger partial charge >= 0.3 is 12.0 Å². The number of carbonyl (C=O) groups is 2. The molecule has 1 atom stereocenters. The normalized spacial score (nSPS) is 27.0. The number of likely N-dealkylation sites (tertiary alicyclic amines) is 1. The molecule has 1 aromatic rings. The maximum absolute atomic E-state index is 12.7. The number of carboxylic acids is 1. The smallest absolute Gasteiger partial charge is 0.318 e. The van der Waals surface area contributed by atoms with Crippen LogP contribution in [-0.4, -0.2) is 34.6 Å². The largest absolute Gasteiger partial charge is 0.481 e. The maximum atomic E-state index is 12.7. The van der Waals surface area contributed by atoms with Crippen LogP contribution in [-0.2, 0) is 4.79 Å². The number of hydrogen-bond donors (Lipinski definition) is 2. The van der Waals surface area contributed by atoms with Crippen LogP contribution in [0.2, 0.25) is 0 Å². The first-order valence-electron chi connectivity index (χ1n) is 8.91. The lowest BCUT2D eigenvalue weighted by molar-refractivity contribution is -0.142. The topological polar surface area (TPSA) is 69.6 Å². The van der Waals surface area contributed by atoms with Crippen molar-refractivity contribution in [1.82, 2.24) is 10.2 Å². The molecule has 2 amide bonds. The summed E-state index contributed by atoms with van der Waals surface area (Å²) >= 11 is 0. The van der Waals surface area contributed by atoms with Crippen LogP contribution in [0.4, 0.5) is 4.79 Å². The summed E-state index contributed by atoms with van der Waals surface area (Å²) < 4.78 is 0. The number of urea groups is 1. The molecule has 1 saturated carbocycles. The summed E-state index contributed by atoms with van der Waals surface area (Å²) in [6.45, 7) is 2.86. The summed E-state index contributed by atoms with van der Waals surface area (Å²) in [5.74, 6) is -0.955. The lowest BCUT2D eigenvalue weighted by atomic mass is 9.86. The van der Waals surface area contributed by atoms with Crippen molar-refractivity contribution in [3.8, 4) is 0 Å². The van der Waals surface area contributed by atoms with Crippen molar-refractivity contribution < 1.29 is 14.7 Å². The summed E-state index contributed by atoms with van der Waals surface area (Å²) in [5.41, 5.74) is 2.42. The van der Waals surface area contributed by atoms with E-state index in [0.717, 1.165) is 32.2 Å². The first-order valence-corrected chi connectivity index (χ1v) is 8.91. The average molecular weight is 330 g/mol. The Morgan fingerprint density at radius 1 is 1.17 bits per heavy atom. The second kappa shape index (κ2) is 7.24. The van der Waals surface area contributed by atoms with Crippen molar-refractivity contribution >= 4 is 12.0 Å². The fourth-order valence-corrected chi connectivity index (χ4v) is 3.98. The number of amides is 2. The monoisotopic (exact) mass is 330 g/mol. The highest BCUT2D eigenvalue weighted by Gasteiger charge is 2.32. The first kappa shape index (κ1) is 16.8. The summed E-state index contributed by atoms with van der Waals surface area (Å²) in [4.78, 5) is 25.7. The molecule has 3 rings (SSSR count). The van der Waals surface area contributed by atoms with Gasteiger partial charge in [-0.2, -0.15) is 0 Å². The summed E-state index contributed by atoms with van der Waals surface area (Å²) in [5, 5.41) is 12.2. The lowest BCUT2D eigenvalue weighted by Crippen LogP contribution is -2.46. The number of nitrogens with one attached hydrogen (secondary N) is 1. The van der Waals surface area contributed by atoms with Gasteiger partial charge in [-0.1, -0.05) is 29.8 Å². The van der Waals surface area contributed by atoms with E-state index in [2.05, 4.69) is 30.4 Å². The summed E-state index contributed by atoms with van der Waals surface area (Å²) in [6, 6.07) is 8.64. The van der Waals surface area contributed by atoms with E-state index in [4.69, 9.17) is 5.11 Å². The van der Waals surface area contributed by atoms with Gasteiger partial charge in [-0.3, -0.25) is 4.79 Å². The van der Waals surface area contributed by atoms with Gasteiger partial charge in [-0.25, -0.2) is 4.79 Å². The molecular formula is C19H26N2O3. The van der Waals surface area contributed by atoms with Crippen LogP contribution in [0, 0.1) is 12.8 Å². The standard InChI is InChI=1S/C19H26N2O3/c1-13-4-2-5-15(12-13)17-6-3-11-21(17)19(24)20-16-9-7-14(8-10-16)18(22)23/h2,4-5,12,14,16-17H,3,6-11H2,1H3,(H,20,24)(H,22,23). The van der Waals surface area contributed by atoms with Gasteiger partial charge in [-0.05, 0) is 51.0 Å². The number of carbonyl (C=O) groups excluding carboxylic acids is 1. The highest BCUT2D eigenvalue weighted by molar-refractivity contribution is 5.75. The van der Waals surface area contributed by atoms with Crippen molar-refractivity contribution in [2.75, 3.05) is 6.54 Å². The Morgan fingerprint density at radius 3 is 2.58 bits per heavy atom. The molecule has 24 heavy (non-hydrogen) atoms. The van der Waals surface area contributed by atoms with Crippen LogP contribution in [0.3, 0.4) is 0 Å². The SMILES string of the molecule is Cc1cccc(C2CCCN2C(=O)NC2CCC(C(=O)O)CC2)c1. The number of rotatable bonds is 3. The van der Waals surface area contributed by atoms with Crippen LogP contribution < -0.4 is 5.32 Å². The van der Waals surface area contributed by atoms with E-state index >= 15 is 0 Å². The van der Waals surface area contributed by atoms with Gasteiger partial charge in [0.25, 0.3) is 0 Å². The van der Waals surface area contributed by atoms with E-state index in [9.17, 15) is 9.59 Å². The predicted molar refractivity (Wildman–Crippen MR) is 91.8 cm³/mol. The zero-order valence-electron chi connectivity index (χ0n) is 14.2. The molecule has 5 nitrogen and oxygen atoms in total. The number of benzene rings is 1. The van der Waals surface area contributed by atoms with Crippen molar-refractivity contribution in [3.05, 3.63) is 35.4 Å². The van der Waals surface area contributed by atoms with E-state index in [1.807, 2.05) is 11.0 Å². The molecule has 1 aliphatic heterocycles. The van der Waals surface area contributed by atoms with E-state index in [1.165, 1.54) is 11.1 Å². The van der Waals surface area contributed by atoms with Crippen LogP contribution in [0.15, 0.2) is 24.3 Å². The van der Waals surface area contributed by atoms with Crippen molar-refractivity contribution in [2.45, 2.75) is 57.5 Å². The lowest BCUT2D eigenvalue weighted by Gasteiger charge is -2.31. The van der Waals surface area contributed by atoms with Crippen molar-refractivity contribution in [2.24, 2.45) is 5.92 Å². The fraction of sp³-hybridized carbons (Fsp3) is 0.579. The maximum Gasteiger partial charge on any atom is 0.318 e. The summed E-state index contributed by atoms with van der Waals surface area (Å²) in [7, 11) is 0. The fourth-order valence-electron chi connectivity index (χ4n) is 3.98. The van der Waals surface area contributed by atoms with Crippen LogP contribution in [0.1, 0.15) is 55.7 Å². The Labute approximate surface area is 143 Å². The molecule has 0 bridgehead atoms. The molecular weight excluding hydrogens is 304 g/mol.